The second kappa shape index (κ2) is 3.90. The van der Waals surface area contributed by atoms with Crippen molar-refractivity contribution in [3.63, 3.8) is 0 Å². The summed E-state index contributed by atoms with van der Waals surface area (Å²) < 4.78 is 26.5. The summed E-state index contributed by atoms with van der Waals surface area (Å²) in [5.41, 5.74) is -0.486. The molecule has 0 fully saturated rings. The number of halogens is 2. The van der Waals surface area contributed by atoms with Gasteiger partial charge < -0.3 is 0 Å². The van der Waals surface area contributed by atoms with Crippen molar-refractivity contribution in [1.82, 2.24) is 0 Å². The van der Waals surface area contributed by atoms with Crippen LogP contribution in [0.15, 0.2) is 35.7 Å². The molecule has 15 heavy (non-hydrogen) atoms. The van der Waals surface area contributed by atoms with Crippen LogP contribution in [0.25, 0.3) is 0 Å². The van der Waals surface area contributed by atoms with Crippen LogP contribution in [0.3, 0.4) is 0 Å². The molecule has 76 valence electrons. The first-order chi connectivity index (χ1) is 7.20. The molecule has 1 heterocycles. The normalized spacial score (nSPS) is 10.3. The van der Waals surface area contributed by atoms with Crippen molar-refractivity contribution in [3.8, 4) is 0 Å². The Morgan fingerprint density at radius 1 is 1.07 bits per heavy atom. The fourth-order valence-electron chi connectivity index (χ4n) is 1.25. The zero-order valence-corrected chi connectivity index (χ0v) is 8.35. The molecular formula is C11H6F2OS. The molecule has 0 aliphatic carbocycles. The highest BCUT2D eigenvalue weighted by atomic mass is 32.1. The van der Waals surface area contributed by atoms with Gasteiger partial charge in [0.05, 0.1) is 10.4 Å². The van der Waals surface area contributed by atoms with Gasteiger partial charge in [0.1, 0.15) is 11.6 Å². The lowest BCUT2D eigenvalue weighted by atomic mass is 10.1. The van der Waals surface area contributed by atoms with E-state index in [1.165, 1.54) is 6.07 Å². The summed E-state index contributed by atoms with van der Waals surface area (Å²) in [7, 11) is 0. The van der Waals surface area contributed by atoms with Gasteiger partial charge in [0.25, 0.3) is 0 Å². The summed E-state index contributed by atoms with van der Waals surface area (Å²) in [6.07, 6.45) is 0. The van der Waals surface area contributed by atoms with E-state index in [1.807, 2.05) is 0 Å². The SMILES string of the molecule is O=C(c1cccs1)c1c(F)cccc1F. The molecule has 0 aliphatic rings. The maximum Gasteiger partial charge on any atom is 0.208 e. The molecule has 1 nitrogen and oxygen atoms in total. The lowest BCUT2D eigenvalue weighted by molar-refractivity contribution is 0.103. The van der Waals surface area contributed by atoms with Crippen LogP contribution in [0.4, 0.5) is 8.78 Å². The van der Waals surface area contributed by atoms with Crippen molar-refractivity contribution in [2.45, 2.75) is 0 Å². The van der Waals surface area contributed by atoms with Gasteiger partial charge in [-0.1, -0.05) is 12.1 Å². The van der Waals surface area contributed by atoms with E-state index < -0.39 is 23.0 Å². The van der Waals surface area contributed by atoms with Gasteiger partial charge in [-0.15, -0.1) is 11.3 Å². The molecule has 1 aromatic carbocycles. The highest BCUT2D eigenvalue weighted by molar-refractivity contribution is 7.12. The van der Waals surface area contributed by atoms with Gasteiger partial charge in [-0.25, -0.2) is 8.78 Å². The second-order valence-electron chi connectivity index (χ2n) is 2.90. The number of ketones is 1. The zero-order valence-electron chi connectivity index (χ0n) is 7.54. The summed E-state index contributed by atoms with van der Waals surface area (Å²) in [5.74, 6) is -2.26. The van der Waals surface area contributed by atoms with E-state index in [0.717, 1.165) is 23.5 Å². The molecule has 0 amide bonds. The summed E-state index contributed by atoms with van der Waals surface area (Å²) in [6, 6.07) is 6.58. The number of benzene rings is 1. The molecule has 0 aliphatic heterocycles. The van der Waals surface area contributed by atoms with Gasteiger partial charge in [-0.2, -0.15) is 0 Å². The first kappa shape index (κ1) is 9.98. The molecule has 2 rings (SSSR count). The van der Waals surface area contributed by atoms with E-state index in [-0.39, 0.29) is 0 Å². The summed E-state index contributed by atoms with van der Waals surface area (Å²) in [4.78, 5) is 12.0. The molecule has 0 atom stereocenters. The van der Waals surface area contributed by atoms with E-state index in [1.54, 1.807) is 17.5 Å². The van der Waals surface area contributed by atoms with Crippen LogP contribution in [0.1, 0.15) is 15.2 Å². The van der Waals surface area contributed by atoms with Crippen LogP contribution in [-0.2, 0) is 0 Å². The Morgan fingerprint density at radius 2 is 1.73 bits per heavy atom. The van der Waals surface area contributed by atoms with Crippen molar-refractivity contribution >= 4 is 17.1 Å². The predicted molar refractivity (Wildman–Crippen MR) is 54.1 cm³/mol. The van der Waals surface area contributed by atoms with Gasteiger partial charge in [-0.3, -0.25) is 4.79 Å². The molecule has 0 unspecified atom stereocenters. The molecule has 4 heteroatoms. The van der Waals surface area contributed by atoms with Crippen molar-refractivity contribution in [1.29, 1.82) is 0 Å². The topological polar surface area (TPSA) is 17.1 Å². The van der Waals surface area contributed by atoms with Crippen LogP contribution < -0.4 is 0 Å². The molecule has 0 spiro atoms. The van der Waals surface area contributed by atoms with E-state index in [9.17, 15) is 13.6 Å². The van der Waals surface area contributed by atoms with Gasteiger partial charge in [0, 0.05) is 0 Å². The molecule has 2 aromatic rings. The highest BCUT2D eigenvalue weighted by Crippen LogP contribution is 2.19. The molecule has 0 bridgehead atoms. The van der Waals surface area contributed by atoms with Crippen LogP contribution in [-0.4, -0.2) is 5.78 Å². The third-order valence-electron chi connectivity index (χ3n) is 1.93. The van der Waals surface area contributed by atoms with Gasteiger partial charge in [0.15, 0.2) is 0 Å². The highest BCUT2D eigenvalue weighted by Gasteiger charge is 2.18. The second-order valence-corrected chi connectivity index (χ2v) is 3.85. The lowest BCUT2D eigenvalue weighted by Gasteiger charge is -2.01. The minimum absolute atomic E-state index is 0.332. The average Bonchev–Trinajstić information content (AvgIpc) is 2.69. The van der Waals surface area contributed by atoms with Crippen molar-refractivity contribution in [2.75, 3.05) is 0 Å². The van der Waals surface area contributed by atoms with Crippen LogP contribution >= 0.6 is 11.3 Å². The van der Waals surface area contributed by atoms with Crippen molar-refractivity contribution in [3.05, 3.63) is 57.8 Å². The molecule has 1 aromatic heterocycles. The predicted octanol–water partition coefficient (Wildman–Crippen LogP) is 3.26. The average molecular weight is 224 g/mol. The van der Waals surface area contributed by atoms with Crippen molar-refractivity contribution < 1.29 is 13.6 Å². The van der Waals surface area contributed by atoms with Gasteiger partial charge >= 0.3 is 0 Å². The Hall–Kier alpha value is -1.55. The number of carbonyl (C=O) groups is 1. The molecule has 0 saturated heterocycles. The lowest BCUT2D eigenvalue weighted by Crippen LogP contribution is -2.05. The van der Waals surface area contributed by atoms with Crippen LogP contribution in [0.5, 0.6) is 0 Å². The largest absolute Gasteiger partial charge is 0.287 e. The fourth-order valence-corrected chi connectivity index (χ4v) is 1.92. The van der Waals surface area contributed by atoms with E-state index >= 15 is 0 Å². The standard InChI is InChI=1S/C11H6F2OS/c12-7-3-1-4-8(13)10(7)11(14)9-5-2-6-15-9/h1-6H. The Balaban J connectivity index is 2.51. The van der Waals surface area contributed by atoms with Gasteiger partial charge in [0.2, 0.25) is 5.78 Å². The first-order valence-electron chi connectivity index (χ1n) is 4.22. The minimum Gasteiger partial charge on any atom is -0.287 e. The number of thiophene rings is 1. The monoisotopic (exact) mass is 224 g/mol. The smallest absolute Gasteiger partial charge is 0.208 e. The third kappa shape index (κ3) is 1.80. The Bertz CT molecular complexity index is 471. The Morgan fingerprint density at radius 3 is 2.27 bits per heavy atom. The Kier molecular flexibility index (Phi) is 2.60. The number of carbonyl (C=O) groups excluding carboxylic acids is 1. The number of hydrogen-bond acceptors (Lipinski definition) is 2. The molecule has 0 N–H and O–H groups in total. The summed E-state index contributed by atoms with van der Waals surface area (Å²) in [6.45, 7) is 0. The van der Waals surface area contributed by atoms with Crippen molar-refractivity contribution in [2.24, 2.45) is 0 Å². The van der Waals surface area contributed by atoms with E-state index in [4.69, 9.17) is 0 Å². The summed E-state index contributed by atoms with van der Waals surface area (Å²) >= 11 is 1.16. The molecule has 0 radical (unpaired) electrons. The quantitative estimate of drug-likeness (QED) is 0.715. The molecule has 0 saturated carbocycles. The fraction of sp³-hybridized carbons (Fsp3) is 0. The van der Waals surface area contributed by atoms with E-state index in [0.29, 0.717) is 4.88 Å². The van der Waals surface area contributed by atoms with E-state index in [2.05, 4.69) is 0 Å². The molecular weight excluding hydrogens is 218 g/mol. The summed E-state index contributed by atoms with van der Waals surface area (Å²) in [5, 5.41) is 1.69. The zero-order chi connectivity index (χ0) is 10.8. The van der Waals surface area contributed by atoms with Crippen LogP contribution in [0.2, 0.25) is 0 Å². The van der Waals surface area contributed by atoms with Gasteiger partial charge in [-0.05, 0) is 23.6 Å². The minimum atomic E-state index is -0.826. The number of rotatable bonds is 2. The van der Waals surface area contributed by atoms with Crippen LogP contribution in [0, 0.1) is 11.6 Å². The third-order valence-corrected chi connectivity index (χ3v) is 2.80. The number of hydrogen-bond donors (Lipinski definition) is 0. The maximum absolute atomic E-state index is 13.2. The Labute approximate surface area is 89.0 Å². The maximum atomic E-state index is 13.2. The first-order valence-corrected chi connectivity index (χ1v) is 5.10.